The topological polar surface area (TPSA) is 66.5 Å². The molecule has 140 valence electrons. The molecule has 0 saturated carbocycles. The van der Waals surface area contributed by atoms with E-state index in [0.717, 1.165) is 22.2 Å². The van der Waals surface area contributed by atoms with Crippen molar-refractivity contribution in [1.82, 2.24) is 5.32 Å². The molecule has 5 nitrogen and oxygen atoms in total. The number of rotatable bonds is 7. The monoisotopic (exact) mass is 378 g/mol. The molecule has 26 heavy (non-hydrogen) atoms. The van der Waals surface area contributed by atoms with Gasteiger partial charge in [0.2, 0.25) is 15.9 Å². The van der Waals surface area contributed by atoms with Crippen molar-refractivity contribution in [1.29, 1.82) is 0 Å². The second-order valence-corrected chi connectivity index (χ2v) is 8.75. The molecule has 0 aliphatic rings. The van der Waals surface area contributed by atoms with Gasteiger partial charge in [-0.1, -0.05) is 36.4 Å². The summed E-state index contributed by atoms with van der Waals surface area (Å²) in [6, 6.07) is 14.8. The molecule has 1 N–H and O–H groups in total. The van der Waals surface area contributed by atoms with Crippen molar-refractivity contribution in [2.45, 2.75) is 25.8 Å². The summed E-state index contributed by atoms with van der Waals surface area (Å²) in [5.41, 5.74) is 0.607. The molecule has 0 radical (unpaired) electrons. The third-order valence-corrected chi connectivity index (χ3v) is 4.89. The Hall–Kier alpha value is -2.41. The van der Waals surface area contributed by atoms with Crippen LogP contribution in [0.2, 0.25) is 0 Å². The van der Waals surface area contributed by atoms with E-state index in [4.69, 9.17) is 0 Å². The minimum Gasteiger partial charge on any atom is -0.349 e. The molecule has 0 aliphatic heterocycles. The predicted octanol–water partition coefficient (Wildman–Crippen LogP) is 2.73. The number of hydrogen-bond acceptors (Lipinski definition) is 3. The van der Waals surface area contributed by atoms with E-state index < -0.39 is 33.8 Å². The third kappa shape index (κ3) is 5.84. The molecule has 0 heterocycles. The van der Waals surface area contributed by atoms with Crippen molar-refractivity contribution in [2.75, 3.05) is 17.1 Å². The van der Waals surface area contributed by atoms with Crippen LogP contribution in [0.3, 0.4) is 0 Å². The van der Waals surface area contributed by atoms with Crippen LogP contribution in [0.25, 0.3) is 0 Å². The Labute approximate surface area is 153 Å². The van der Waals surface area contributed by atoms with Crippen LogP contribution in [0.1, 0.15) is 19.4 Å². The molecule has 0 saturated heterocycles. The average Bonchev–Trinajstić information content (AvgIpc) is 2.51. The van der Waals surface area contributed by atoms with E-state index >= 15 is 0 Å². The molecule has 0 aromatic heterocycles. The van der Waals surface area contributed by atoms with Crippen molar-refractivity contribution in [3.8, 4) is 0 Å². The van der Waals surface area contributed by atoms with Crippen LogP contribution in [0, 0.1) is 5.82 Å². The summed E-state index contributed by atoms with van der Waals surface area (Å²) in [6.07, 6.45) is 1.58. The SMILES string of the molecule is CC(C)(Cc1ccccc1)NC(=O)CN(c1cccc(F)c1)S(C)(=O)=O. The van der Waals surface area contributed by atoms with Crippen molar-refractivity contribution >= 4 is 21.6 Å². The number of carbonyl (C=O) groups excluding carboxylic acids is 1. The maximum atomic E-state index is 13.4. The van der Waals surface area contributed by atoms with Crippen LogP contribution in [-0.2, 0) is 21.2 Å². The lowest BCUT2D eigenvalue weighted by atomic mass is 9.95. The second-order valence-electron chi connectivity index (χ2n) is 6.84. The number of nitrogens with zero attached hydrogens (tertiary/aromatic N) is 1. The van der Waals surface area contributed by atoms with Gasteiger partial charge in [0.1, 0.15) is 12.4 Å². The molecule has 0 unspecified atom stereocenters. The van der Waals surface area contributed by atoms with Gasteiger partial charge in [-0.15, -0.1) is 0 Å². The molecular formula is C19H23FN2O3S. The van der Waals surface area contributed by atoms with Gasteiger partial charge in [-0.05, 0) is 44.0 Å². The maximum absolute atomic E-state index is 13.4. The normalized spacial score (nSPS) is 11.8. The molecule has 0 fully saturated rings. The number of amides is 1. The first kappa shape index (κ1) is 19.9. The number of carbonyl (C=O) groups is 1. The standard InChI is InChI=1S/C19H23FN2O3S/c1-19(2,13-15-8-5-4-6-9-15)21-18(23)14-22(26(3,24)25)17-11-7-10-16(20)12-17/h4-12H,13-14H2,1-3H3,(H,21,23). The maximum Gasteiger partial charge on any atom is 0.241 e. The predicted molar refractivity (Wildman–Crippen MR) is 101 cm³/mol. The van der Waals surface area contributed by atoms with Gasteiger partial charge in [0.15, 0.2) is 0 Å². The lowest BCUT2D eigenvalue weighted by Gasteiger charge is -2.29. The molecule has 0 aliphatic carbocycles. The van der Waals surface area contributed by atoms with E-state index in [9.17, 15) is 17.6 Å². The minimum absolute atomic E-state index is 0.114. The molecule has 0 bridgehead atoms. The number of anilines is 1. The van der Waals surface area contributed by atoms with Crippen LogP contribution >= 0.6 is 0 Å². The van der Waals surface area contributed by atoms with Gasteiger partial charge in [0.05, 0.1) is 11.9 Å². The summed E-state index contributed by atoms with van der Waals surface area (Å²) in [6.45, 7) is 3.32. The first-order valence-electron chi connectivity index (χ1n) is 8.15. The Morgan fingerprint density at radius 3 is 2.35 bits per heavy atom. The molecule has 7 heteroatoms. The summed E-state index contributed by atoms with van der Waals surface area (Å²) in [5, 5.41) is 2.85. The summed E-state index contributed by atoms with van der Waals surface area (Å²) in [7, 11) is -3.74. The zero-order valence-electron chi connectivity index (χ0n) is 15.1. The van der Waals surface area contributed by atoms with E-state index in [1.54, 1.807) is 0 Å². The smallest absolute Gasteiger partial charge is 0.241 e. The van der Waals surface area contributed by atoms with Crippen molar-refractivity contribution in [3.63, 3.8) is 0 Å². The number of halogens is 1. The number of sulfonamides is 1. The van der Waals surface area contributed by atoms with Crippen LogP contribution < -0.4 is 9.62 Å². The molecular weight excluding hydrogens is 355 g/mol. The zero-order valence-corrected chi connectivity index (χ0v) is 15.9. The van der Waals surface area contributed by atoms with Gasteiger partial charge >= 0.3 is 0 Å². The molecule has 2 rings (SSSR count). The lowest BCUT2D eigenvalue weighted by molar-refractivity contribution is -0.121. The van der Waals surface area contributed by atoms with Gasteiger partial charge < -0.3 is 5.32 Å². The van der Waals surface area contributed by atoms with Gasteiger partial charge in [0, 0.05) is 5.54 Å². The van der Waals surface area contributed by atoms with Gasteiger partial charge in [-0.3, -0.25) is 9.10 Å². The summed E-state index contributed by atoms with van der Waals surface area (Å²) < 4.78 is 38.5. The molecule has 2 aromatic rings. The van der Waals surface area contributed by atoms with Gasteiger partial charge in [-0.2, -0.15) is 0 Å². The second kappa shape index (κ2) is 7.86. The van der Waals surface area contributed by atoms with Gasteiger partial charge in [-0.25, -0.2) is 12.8 Å². The highest BCUT2D eigenvalue weighted by atomic mass is 32.2. The fourth-order valence-electron chi connectivity index (χ4n) is 2.73. The first-order valence-corrected chi connectivity index (χ1v) is 10.00. The van der Waals surface area contributed by atoms with Crippen LogP contribution in [-0.4, -0.2) is 32.7 Å². The highest BCUT2D eigenvalue weighted by Gasteiger charge is 2.25. The Balaban J connectivity index is 2.12. The molecule has 2 aromatic carbocycles. The van der Waals surface area contributed by atoms with Crippen molar-refractivity contribution in [2.24, 2.45) is 0 Å². The van der Waals surface area contributed by atoms with Crippen molar-refractivity contribution in [3.05, 3.63) is 66.0 Å². The quantitative estimate of drug-likeness (QED) is 0.806. The highest BCUT2D eigenvalue weighted by molar-refractivity contribution is 7.92. The number of hydrogen-bond donors (Lipinski definition) is 1. The van der Waals surface area contributed by atoms with Crippen LogP contribution in [0.5, 0.6) is 0 Å². The number of nitrogens with one attached hydrogen (secondary N) is 1. The van der Waals surface area contributed by atoms with E-state index in [2.05, 4.69) is 5.32 Å². The van der Waals surface area contributed by atoms with E-state index in [1.165, 1.54) is 18.2 Å². The van der Waals surface area contributed by atoms with E-state index in [1.807, 2.05) is 44.2 Å². The summed E-state index contributed by atoms with van der Waals surface area (Å²) >= 11 is 0. The molecule has 0 spiro atoms. The van der Waals surface area contributed by atoms with E-state index in [-0.39, 0.29) is 5.69 Å². The highest BCUT2D eigenvalue weighted by Crippen LogP contribution is 2.19. The Morgan fingerprint density at radius 1 is 1.12 bits per heavy atom. The summed E-state index contributed by atoms with van der Waals surface area (Å²) in [5.74, 6) is -1.03. The van der Waals surface area contributed by atoms with E-state index in [0.29, 0.717) is 6.42 Å². The first-order chi connectivity index (χ1) is 12.1. The third-order valence-electron chi connectivity index (χ3n) is 3.75. The Bertz CT molecular complexity index is 867. The molecule has 0 atom stereocenters. The minimum atomic E-state index is -3.74. The zero-order chi connectivity index (χ0) is 19.4. The van der Waals surface area contributed by atoms with Crippen LogP contribution in [0.4, 0.5) is 10.1 Å². The number of benzene rings is 2. The molecule has 1 amide bonds. The largest absolute Gasteiger partial charge is 0.349 e. The average molecular weight is 378 g/mol. The fourth-order valence-corrected chi connectivity index (χ4v) is 3.58. The van der Waals surface area contributed by atoms with Crippen molar-refractivity contribution < 1.29 is 17.6 Å². The fraction of sp³-hybridized carbons (Fsp3) is 0.316. The van der Waals surface area contributed by atoms with Crippen LogP contribution in [0.15, 0.2) is 54.6 Å². The summed E-state index contributed by atoms with van der Waals surface area (Å²) in [4.78, 5) is 12.5. The van der Waals surface area contributed by atoms with Gasteiger partial charge in [0.25, 0.3) is 0 Å². The Kier molecular flexibility index (Phi) is 6.02. The lowest BCUT2D eigenvalue weighted by Crippen LogP contribution is -2.50. The Morgan fingerprint density at radius 2 is 1.77 bits per heavy atom.